The van der Waals surface area contributed by atoms with Crippen LogP contribution in [0.25, 0.3) is 0 Å². The second kappa shape index (κ2) is 9.34. The van der Waals surface area contributed by atoms with Gasteiger partial charge in [0.25, 0.3) is 0 Å². The first-order valence-corrected chi connectivity index (χ1v) is 10.6. The lowest BCUT2D eigenvalue weighted by molar-refractivity contribution is 0.0849. The molecule has 0 atom stereocenters. The molecule has 2 saturated heterocycles. The summed E-state index contributed by atoms with van der Waals surface area (Å²) >= 11 is 0. The van der Waals surface area contributed by atoms with Crippen LogP contribution in [0.3, 0.4) is 0 Å². The second-order valence-electron chi connectivity index (χ2n) is 7.73. The van der Waals surface area contributed by atoms with Crippen LogP contribution in [0, 0.1) is 0 Å². The molecule has 28 heavy (non-hydrogen) atoms. The molecule has 0 amide bonds. The van der Waals surface area contributed by atoms with Crippen LogP contribution in [0.1, 0.15) is 26.2 Å². The van der Waals surface area contributed by atoms with Crippen molar-refractivity contribution in [3.8, 4) is 11.6 Å². The van der Waals surface area contributed by atoms with Crippen molar-refractivity contribution in [3.05, 3.63) is 42.7 Å². The summed E-state index contributed by atoms with van der Waals surface area (Å²) in [6.45, 7) is 10.5. The Kier molecular flexibility index (Phi) is 6.39. The zero-order valence-corrected chi connectivity index (χ0v) is 16.8. The number of aromatic nitrogens is 2. The summed E-state index contributed by atoms with van der Waals surface area (Å²) < 4.78 is 5.87. The Hall–Kier alpha value is -2.18. The van der Waals surface area contributed by atoms with Crippen LogP contribution >= 0.6 is 0 Å². The summed E-state index contributed by atoms with van der Waals surface area (Å²) in [6.07, 6.45) is 5.26. The van der Waals surface area contributed by atoms with Gasteiger partial charge in [-0.2, -0.15) is 0 Å². The SMILES string of the molecule is CCCN1CCN(C2CCN(c3cc(Oc4ccccc4)ncn3)CC2)CC1. The van der Waals surface area contributed by atoms with Crippen LogP contribution in [0.15, 0.2) is 42.7 Å². The maximum Gasteiger partial charge on any atom is 0.224 e. The second-order valence-corrected chi connectivity index (χ2v) is 7.73. The number of para-hydroxylation sites is 1. The Balaban J connectivity index is 1.30. The van der Waals surface area contributed by atoms with Gasteiger partial charge in [0.2, 0.25) is 5.88 Å². The van der Waals surface area contributed by atoms with Gasteiger partial charge in [0, 0.05) is 51.4 Å². The number of benzene rings is 1. The van der Waals surface area contributed by atoms with Gasteiger partial charge in [-0.3, -0.25) is 4.90 Å². The average molecular weight is 382 g/mol. The third-order valence-electron chi connectivity index (χ3n) is 5.84. The van der Waals surface area contributed by atoms with E-state index in [-0.39, 0.29) is 0 Å². The van der Waals surface area contributed by atoms with Crippen LogP contribution in [0.2, 0.25) is 0 Å². The fourth-order valence-electron chi connectivity index (χ4n) is 4.30. The fraction of sp³-hybridized carbons (Fsp3) is 0.545. The molecule has 0 saturated carbocycles. The quantitative estimate of drug-likeness (QED) is 0.765. The lowest BCUT2D eigenvalue weighted by Gasteiger charge is -2.43. The topological polar surface area (TPSA) is 44.7 Å². The Bertz CT molecular complexity index is 725. The van der Waals surface area contributed by atoms with E-state index in [0.29, 0.717) is 11.9 Å². The van der Waals surface area contributed by atoms with Gasteiger partial charge in [-0.05, 0) is 37.9 Å². The predicted molar refractivity (Wildman–Crippen MR) is 112 cm³/mol. The smallest absolute Gasteiger partial charge is 0.224 e. The van der Waals surface area contributed by atoms with E-state index in [1.54, 1.807) is 6.33 Å². The van der Waals surface area contributed by atoms with E-state index in [2.05, 4.69) is 31.6 Å². The molecule has 6 heteroatoms. The highest BCUT2D eigenvalue weighted by Gasteiger charge is 2.27. The van der Waals surface area contributed by atoms with Crippen molar-refractivity contribution in [2.24, 2.45) is 0 Å². The molecule has 6 nitrogen and oxygen atoms in total. The zero-order chi connectivity index (χ0) is 19.2. The number of piperazine rings is 1. The van der Waals surface area contributed by atoms with E-state index < -0.39 is 0 Å². The van der Waals surface area contributed by atoms with Crippen molar-refractivity contribution in [2.75, 3.05) is 50.7 Å². The van der Waals surface area contributed by atoms with Crippen molar-refractivity contribution >= 4 is 5.82 Å². The van der Waals surface area contributed by atoms with Crippen molar-refractivity contribution in [2.45, 2.75) is 32.2 Å². The highest BCUT2D eigenvalue weighted by atomic mass is 16.5. The van der Waals surface area contributed by atoms with E-state index in [1.807, 2.05) is 36.4 Å². The number of rotatable bonds is 6. The third kappa shape index (κ3) is 4.80. The molecule has 0 spiro atoms. The molecular formula is C22H31N5O. The first-order chi connectivity index (χ1) is 13.8. The molecule has 3 heterocycles. The Morgan fingerprint density at radius 2 is 1.71 bits per heavy atom. The monoisotopic (exact) mass is 381 g/mol. The first kappa shape index (κ1) is 19.2. The van der Waals surface area contributed by atoms with Gasteiger partial charge >= 0.3 is 0 Å². The van der Waals surface area contributed by atoms with E-state index in [9.17, 15) is 0 Å². The van der Waals surface area contributed by atoms with Gasteiger partial charge in [0.15, 0.2) is 0 Å². The van der Waals surface area contributed by atoms with Crippen LogP contribution in [0.4, 0.5) is 5.82 Å². The van der Waals surface area contributed by atoms with Gasteiger partial charge in [-0.1, -0.05) is 25.1 Å². The number of hydrogen-bond acceptors (Lipinski definition) is 6. The van der Waals surface area contributed by atoms with Gasteiger partial charge in [-0.15, -0.1) is 0 Å². The standard InChI is InChI=1S/C22H31N5O/c1-2-10-25-13-15-26(16-14-25)19-8-11-27(12-9-19)21-17-22(24-18-23-21)28-20-6-4-3-5-7-20/h3-7,17-19H,2,8-16H2,1H3. The van der Waals surface area contributed by atoms with Crippen molar-refractivity contribution in [1.82, 2.24) is 19.8 Å². The lowest BCUT2D eigenvalue weighted by Crippen LogP contribution is -2.53. The van der Waals surface area contributed by atoms with Gasteiger partial charge in [-0.25, -0.2) is 9.97 Å². The Morgan fingerprint density at radius 3 is 2.43 bits per heavy atom. The Labute approximate surface area is 168 Å². The molecule has 0 aliphatic carbocycles. The van der Waals surface area contributed by atoms with E-state index in [1.165, 1.54) is 52.0 Å². The predicted octanol–water partition coefficient (Wildman–Crippen LogP) is 3.27. The summed E-state index contributed by atoms with van der Waals surface area (Å²) in [5.41, 5.74) is 0. The molecule has 0 N–H and O–H groups in total. The minimum absolute atomic E-state index is 0.602. The van der Waals surface area contributed by atoms with Crippen molar-refractivity contribution in [1.29, 1.82) is 0 Å². The normalized spacial score (nSPS) is 19.7. The molecule has 0 unspecified atom stereocenters. The van der Waals surface area contributed by atoms with Crippen LogP contribution in [-0.4, -0.2) is 71.6 Å². The highest BCUT2D eigenvalue weighted by Crippen LogP contribution is 2.25. The summed E-state index contributed by atoms with van der Waals surface area (Å²) in [5.74, 6) is 2.37. The number of ether oxygens (including phenoxy) is 1. The molecule has 2 aromatic rings. The minimum Gasteiger partial charge on any atom is -0.439 e. The molecule has 2 fully saturated rings. The molecule has 0 radical (unpaired) electrons. The summed E-state index contributed by atoms with van der Waals surface area (Å²) in [4.78, 5) is 16.4. The lowest BCUT2D eigenvalue weighted by atomic mass is 10.0. The van der Waals surface area contributed by atoms with Crippen LogP contribution in [-0.2, 0) is 0 Å². The number of anilines is 1. The molecule has 150 valence electrons. The van der Waals surface area contributed by atoms with Gasteiger partial charge in [0.1, 0.15) is 17.9 Å². The molecule has 1 aromatic carbocycles. The van der Waals surface area contributed by atoms with Gasteiger partial charge < -0.3 is 14.5 Å². The maximum atomic E-state index is 5.87. The molecular weight excluding hydrogens is 350 g/mol. The van der Waals surface area contributed by atoms with Gasteiger partial charge in [0.05, 0.1) is 0 Å². The van der Waals surface area contributed by atoms with Crippen LogP contribution in [0.5, 0.6) is 11.6 Å². The molecule has 2 aliphatic rings. The third-order valence-corrected chi connectivity index (χ3v) is 5.84. The van der Waals surface area contributed by atoms with Crippen LogP contribution < -0.4 is 9.64 Å². The minimum atomic E-state index is 0.602. The fourth-order valence-corrected chi connectivity index (χ4v) is 4.30. The highest BCUT2D eigenvalue weighted by molar-refractivity contribution is 5.42. The molecule has 4 rings (SSSR count). The number of nitrogens with zero attached hydrogens (tertiary/aromatic N) is 5. The largest absolute Gasteiger partial charge is 0.439 e. The Morgan fingerprint density at radius 1 is 0.964 bits per heavy atom. The number of piperidine rings is 1. The first-order valence-electron chi connectivity index (χ1n) is 10.6. The van der Waals surface area contributed by atoms with Crippen molar-refractivity contribution < 1.29 is 4.74 Å². The van der Waals surface area contributed by atoms with E-state index in [4.69, 9.17) is 4.74 Å². The maximum absolute atomic E-state index is 5.87. The summed E-state index contributed by atoms with van der Waals surface area (Å²) in [6, 6.07) is 12.4. The molecule has 1 aromatic heterocycles. The van der Waals surface area contributed by atoms with E-state index >= 15 is 0 Å². The zero-order valence-electron chi connectivity index (χ0n) is 16.8. The molecule has 0 bridgehead atoms. The molecule has 2 aliphatic heterocycles. The average Bonchev–Trinajstić information content (AvgIpc) is 2.76. The summed E-state index contributed by atoms with van der Waals surface area (Å²) in [5, 5.41) is 0. The van der Waals surface area contributed by atoms with Crippen molar-refractivity contribution in [3.63, 3.8) is 0 Å². The summed E-state index contributed by atoms with van der Waals surface area (Å²) in [7, 11) is 0. The number of hydrogen-bond donors (Lipinski definition) is 0. The van der Waals surface area contributed by atoms with E-state index in [0.717, 1.165) is 24.7 Å².